The lowest BCUT2D eigenvalue weighted by atomic mass is 10.0. The quantitative estimate of drug-likeness (QED) is 0.875. The summed E-state index contributed by atoms with van der Waals surface area (Å²) in [6.07, 6.45) is 5.55. The maximum atomic E-state index is 3.75. The molecule has 2 fully saturated rings. The van der Waals surface area contributed by atoms with Crippen LogP contribution in [0.2, 0.25) is 0 Å². The number of rotatable bonds is 5. The van der Waals surface area contributed by atoms with Crippen molar-refractivity contribution in [2.45, 2.75) is 45.2 Å². The van der Waals surface area contributed by atoms with Crippen molar-refractivity contribution in [3.05, 3.63) is 20.3 Å². The zero-order valence-electron chi connectivity index (χ0n) is 11.6. The first-order valence-electron chi connectivity index (χ1n) is 7.41. The highest BCUT2D eigenvalue weighted by molar-refractivity contribution is 9.10. The molecule has 1 aromatic heterocycles. The topological polar surface area (TPSA) is 15.3 Å². The van der Waals surface area contributed by atoms with Crippen LogP contribution in [0.5, 0.6) is 0 Å². The number of nitrogens with zero attached hydrogens (tertiary/aromatic N) is 1. The molecule has 0 bridgehead atoms. The van der Waals surface area contributed by atoms with E-state index in [2.05, 4.69) is 39.1 Å². The Kier molecular flexibility index (Phi) is 4.62. The van der Waals surface area contributed by atoms with Crippen LogP contribution in [0.3, 0.4) is 0 Å². The summed E-state index contributed by atoms with van der Waals surface area (Å²) in [6, 6.07) is 3.06. The first-order valence-corrected chi connectivity index (χ1v) is 9.02. The van der Waals surface area contributed by atoms with Gasteiger partial charge < -0.3 is 5.32 Å². The number of nitrogens with one attached hydrogen (secondary N) is 1. The predicted molar refractivity (Wildman–Crippen MR) is 85.8 cm³/mol. The number of likely N-dealkylation sites (tertiary alicyclic amines) is 1. The van der Waals surface area contributed by atoms with Gasteiger partial charge in [-0.2, -0.15) is 0 Å². The van der Waals surface area contributed by atoms with Crippen LogP contribution in [0.4, 0.5) is 0 Å². The SMILES string of the molecule is Cc1sc(CN2CCC(NCC3CC3)CC2)cc1Br. The van der Waals surface area contributed by atoms with Crippen molar-refractivity contribution < 1.29 is 0 Å². The van der Waals surface area contributed by atoms with Gasteiger partial charge in [0.25, 0.3) is 0 Å². The third-order valence-electron chi connectivity index (χ3n) is 4.27. The molecular formula is C15H23BrN2S. The second-order valence-corrected chi connectivity index (χ2v) is 8.21. The zero-order chi connectivity index (χ0) is 13.2. The third-order valence-corrected chi connectivity index (χ3v) is 6.39. The maximum absolute atomic E-state index is 3.75. The molecule has 1 aliphatic carbocycles. The Bertz CT molecular complexity index is 400. The Labute approximate surface area is 128 Å². The molecule has 1 aromatic rings. The average Bonchev–Trinajstić information content (AvgIpc) is 3.16. The smallest absolute Gasteiger partial charge is 0.0328 e. The van der Waals surface area contributed by atoms with E-state index in [4.69, 9.17) is 0 Å². The van der Waals surface area contributed by atoms with Crippen molar-refractivity contribution in [3.8, 4) is 0 Å². The van der Waals surface area contributed by atoms with Crippen molar-refractivity contribution in [1.82, 2.24) is 10.2 Å². The van der Waals surface area contributed by atoms with Gasteiger partial charge >= 0.3 is 0 Å². The molecule has 2 nitrogen and oxygen atoms in total. The molecule has 0 atom stereocenters. The van der Waals surface area contributed by atoms with E-state index >= 15 is 0 Å². The molecule has 3 rings (SSSR count). The first-order chi connectivity index (χ1) is 9.20. The van der Waals surface area contributed by atoms with E-state index in [-0.39, 0.29) is 0 Å². The number of hydrogen-bond acceptors (Lipinski definition) is 3. The number of aryl methyl sites for hydroxylation is 1. The van der Waals surface area contributed by atoms with Gasteiger partial charge in [0.05, 0.1) is 0 Å². The standard InChI is InChI=1S/C15H23BrN2S/c1-11-15(16)8-14(19-11)10-18-6-4-13(5-7-18)17-9-12-2-3-12/h8,12-13,17H,2-7,9-10H2,1H3. The molecule has 0 amide bonds. The lowest BCUT2D eigenvalue weighted by Gasteiger charge is -2.32. The van der Waals surface area contributed by atoms with Crippen LogP contribution in [-0.4, -0.2) is 30.6 Å². The molecular weight excluding hydrogens is 320 g/mol. The molecule has 0 spiro atoms. The molecule has 19 heavy (non-hydrogen) atoms. The second-order valence-electron chi connectivity index (χ2n) is 6.02. The molecule has 1 aliphatic heterocycles. The Hall–Kier alpha value is 0.100. The number of hydrogen-bond donors (Lipinski definition) is 1. The summed E-state index contributed by atoms with van der Waals surface area (Å²) >= 11 is 5.54. The van der Waals surface area contributed by atoms with Crippen LogP contribution < -0.4 is 5.32 Å². The molecule has 0 aromatic carbocycles. The van der Waals surface area contributed by atoms with Crippen LogP contribution in [0.25, 0.3) is 0 Å². The summed E-state index contributed by atoms with van der Waals surface area (Å²) in [5.74, 6) is 1.00. The van der Waals surface area contributed by atoms with Gasteiger partial charge in [0, 0.05) is 26.8 Å². The molecule has 0 radical (unpaired) electrons. The molecule has 2 aliphatic rings. The van der Waals surface area contributed by atoms with Crippen LogP contribution in [0, 0.1) is 12.8 Å². The molecule has 106 valence electrons. The lowest BCUT2D eigenvalue weighted by Crippen LogP contribution is -2.42. The summed E-state index contributed by atoms with van der Waals surface area (Å²) in [4.78, 5) is 5.50. The lowest BCUT2D eigenvalue weighted by molar-refractivity contribution is 0.191. The predicted octanol–water partition coefficient (Wildman–Crippen LogP) is 3.78. The maximum Gasteiger partial charge on any atom is 0.0328 e. The van der Waals surface area contributed by atoms with E-state index in [0.717, 1.165) is 18.5 Å². The van der Waals surface area contributed by atoms with E-state index < -0.39 is 0 Å². The van der Waals surface area contributed by atoms with Crippen molar-refractivity contribution in [1.29, 1.82) is 0 Å². The van der Waals surface area contributed by atoms with Crippen molar-refractivity contribution in [2.75, 3.05) is 19.6 Å². The van der Waals surface area contributed by atoms with E-state index in [1.165, 1.54) is 59.5 Å². The van der Waals surface area contributed by atoms with Gasteiger partial charge in [-0.1, -0.05) is 0 Å². The highest BCUT2D eigenvalue weighted by Gasteiger charge is 2.24. The largest absolute Gasteiger partial charge is 0.314 e. The fraction of sp³-hybridized carbons (Fsp3) is 0.733. The summed E-state index contributed by atoms with van der Waals surface area (Å²) in [5, 5.41) is 3.75. The van der Waals surface area contributed by atoms with Gasteiger partial charge in [0.2, 0.25) is 0 Å². The third kappa shape index (κ3) is 4.03. The van der Waals surface area contributed by atoms with Gasteiger partial charge in [-0.15, -0.1) is 11.3 Å². The highest BCUT2D eigenvalue weighted by atomic mass is 79.9. The first kappa shape index (κ1) is 14.1. The summed E-state index contributed by atoms with van der Waals surface area (Å²) < 4.78 is 1.27. The summed E-state index contributed by atoms with van der Waals surface area (Å²) in [6.45, 7) is 7.08. The fourth-order valence-electron chi connectivity index (χ4n) is 2.77. The van der Waals surface area contributed by atoms with E-state index in [1.807, 2.05) is 11.3 Å². The monoisotopic (exact) mass is 342 g/mol. The molecule has 1 N–H and O–H groups in total. The van der Waals surface area contributed by atoms with Crippen molar-refractivity contribution in [2.24, 2.45) is 5.92 Å². The van der Waals surface area contributed by atoms with E-state index in [1.54, 1.807) is 0 Å². The Morgan fingerprint density at radius 1 is 1.32 bits per heavy atom. The van der Waals surface area contributed by atoms with Gasteiger partial charge in [-0.25, -0.2) is 0 Å². The number of thiophene rings is 1. The number of piperidine rings is 1. The zero-order valence-corrected chi connectivity index (χ0v) is 14.0. The van der Waals surface area contributed by atoms with E-state index in [9.17, 15) is 0 Å². The molecule has 1 saturated heterocycles. The summed E-state index contributed by atoms with van der Waals surface area (Å²) in [7, 11) is 0. The van der Waals surface area contributed by atoms with Crippen molar-refractivity contribution >= 4 is 27.3 Å². The second kappa shape index (κ2) is 6.25. The average molecular weight is 343 g/mol. The van der Waals surface area contributed by atoms with Crippen LogP contribution in [-0.2, 0) is 6.54 Å². The minimum atomic E-state index is 0.772. The van der Waals surface area contributed by atoms with Gasteiger partial charge in [-0.3, -0.25) is 4.90 Å². The van der Waals surface area contributed by atoms with Crippen molar-refractivity contribution in [3.63, 3.8) is 0 Å². The van der Waals surface area contributed by atoms with Gasteiger partial charge in [0.15, 0.2) is 0 Å². The molecule has 1 saturated carbocycles. The normalized spacial score (nSPS) is 22.0. The molecule has 4 heteroatoms. The highest BCUT2D eigenvalue weighted by Crippen LogP contribution is 2.29. The van der Waals surface area contributed by atoms with Gasteiger partial charge in [0.1, 0.15) is 0 Å². The van der Waals surface area contributed by atoms with E-state index in [0.29, 0.717) is 0 Å². The fourth-order valence-corrected chi connectivity index (χ4v) is 4.41. The Morgan fingerprint density at radius 3 is 2.63 bits per heavy atom. The van der Waals surface area contributed by atoms with Crippen LogP contribution in [0.1, 0.15) is 35.4 Å². The number of halogens is 1. The minimum absolute atomic E-state index is 0.772. The Balaban J connectivity index is 1.41. The van der Waals surface area contributed by atoms with Crippen LogP contribution in [0.15, 0.2) is 10.5 Å². The Morgan fingerprint density at radius 2 is 2.05 bits per heavy atom. The van der Waals surface area contributed by atoms with Gasteiger partial charge in [-0.05, 0) is 80.2 Å². The van der Waals surface area contributed by atoms with Crippen LogP contribution >= 0.6 is 27.3 Å². The molecule has 2 heterocycles. The summed E-state index contributed by atoms with van der Waals surface area (Å²) in [5.41, 5.74) is 0. The molecule has 0 unspecified atom stereocenters. The minimum Gasteiger partial charge on any atom is -0.314 e.